The predicted octanol–water partition coefficient (Wildman–Crippen LogP) is -0.384. The Bertz CT molecular complexity index is 524. The summed E-state index contributed by atoms with van der Waals surface area (Å²) in [5, 5.41) is 14.5. The molecular formula is C12H20N6O2. The van der Waals surface area contributed by atoms with E-state index in [-0.39, 0.29) is 18.4 Å². The highest BCUT2D eigenvalue weighted by Gasteiger charge is 2.46. The quantitative estimate of drug-likeness (QED) is 0.811. The number of hydrogen-bond acceptors (Lipinski definition) is 5. The average Bonchev–Trinajstić information content (AvgIpc) is 2.78. The molecule has 0 aromatic carbocycles. The van der Waals surface area contributed by atoms with Crippen molar-refractivity contribution in [3.05, 3.63) is 5.82 Å². The van der Waals surface area contributed by atoms with Gasteiger partial charge in [0.2, 0.25) is 11.8 Å². The van der Waals surface area contributed by atoms with Crippen LogP contribution in [0.4, 0.5) is 0 Å². The van der Waals surface area contributed by atoms with E-state index in [1.165, 1.54) is 9.70 Å². The molecule has 0 bridgehead atoms. The van der Waals surface area contributed by atoms with Gasteiger partial charge in [-0.2, -0.15) is 4.80 Å². The number of aromatic nitrogens is 4. The van der Waals surface area contributed by atoms with Crippen molar-refractivity contribution in [3.63, 3.8) is 0 Å². The Morgan fingerprint density at radius 1 is 1.35 bits per heavy atom. The monoisotopic (exact) mass is 280 g/mol. The van der Waals surface area contributed by atoms with Crippen LogP contribution >= 0.6 is 0 Å². The fourth-order valence-corrected chi connectivity index (χ4v) is 2.27. The van der Waals surface area contributed by atoms with Gasteiger partial charge >= 0.3 is 0 Å². The predicted molar refractivity (Wildman–Crippen MR) is 70.3 cm³/mol. The summed E-state index contributed by atoms with van der Waals surface area (Å²) in [4.78, 5) is 27.6. The van der Waals surface area contributed by atoms with Crippen molar-refractivity contribution in [1.82, 2.24) is 30.4 Å². The second kappa shape index (κ2) is 5.18. The van der Waals surface area contributed by atoms with E-state index in [0.29, 0.717) is 12.2 Å². The van der Waals surface area contributed by atoms with Crippen LogP contribution in [-0.4, -0.2) is 48.5 Å². The summed E-state index contributed by atoms with van der Waals surface area (Å²) < 4.78 is 0. The molecule has 1 aromatic heterocycles. The van der Waals surface area contributed by atoms with Gasteiger partial charge in [-0.15, -0.1) is 10.2 Å². The lowest BCUT2D eigenvalue weighted by Crippen LogP contribution is -2.67. The third kappa shape index (κ3) is 2.50. The standard InChI is InChI=1S/C12H20N6O2/c1-5-6-8-10(19)18(12(2,3)11(20)13-8)7-9-14-16-17(4)15-9/h8H,5-7H2,1-4H3,(H,13,20). The molecule has 1 aromatic rings. The summed E-state index contributed by atoms with van der Waals surface area (Å²) >= 11 is 0. The third-order valence-corrected chi connectivity index (χ3v) is 3.53. The minimum atomic E-state index is -0.916. The lowest BCUT2D eigenvalue weighted by molar-refractivity contribution is -0.156. The second-order valence-electron chi connectivity index (χ2n) is 5.49. The van der Waals surface area contributed by atoms with E-state index in [1.54, 1.807) is 20.9 Å². The van der Waals surface area contributed by atoms with Crippen LogP contribution in [0.15, 0.2) is 0 Å². The van der Waals surface area contributed by atoms with E-state index >= 15 is 0 Å². The normalized spacial score (nSPS) is 22.0. The molecule has 0 saturated carbocycles. The first-order valence-corrected chi connectivity index (χ1v) is 6.71. The van der Waals surface area contributed by atoms with Crippen LogP contribution in [0.25, 0.3) is 0 Å². The summed E-state index contributed by atoms with van der Waals surface area (Å²) in [7, 11) is 1.66. The van der Waals surface area contributed by atoms with E-state index in [4.69, 9.17) is 0 Å². The van der Waals surface area contributed by atoms with Gasteiger partial charge in [0, 0.05) is 0 Å². The highest BCUT2D eigenvalue weighted by atomic mass is 16.2. The molecule has 110 valence electrons. The van der Waals surface area contributed by atoms with E-state index in [9.17, 15) is 9.59 Å². The molecule has 2 heterocycles. The molecule has 2 rings (SSSR count). The van der Waals surface area contributed by atoms with E-state index in [0.717, 1.165) is 6.42 Å². The number of rotatable bonds is 4. The Morgan fingerprint density at radius 3 is 2.60 bits per heavy atom. The van der Waals surface area contributed by atoms with Crippen molar-refractivity contribution in [3.8, 4) is 0 Å². The number of carbonyl (C=O) groups excluding carboxylic acids is 2. The van der Waals surface area contributed by atoms with Gasteiger partial charge in [0.1, 0.15) is 11.6 Å². The number of aryl methyl sites for hydroxylation is 1. The van der Waals surface area contributed by atoms with Crippen LogP contribution in [0.5, 0.6) is 0 Å². The summed E-state index contributed by atoms with van der Waals surface area (Å²) in [6.45, 7) is 5.61. The first-order valence-electron chi connectivity index (χ1n) is 6.71. The van der Waals surface area contributed by atoms with Crippen molar-refractivity contribution >= 4 is 11.8 Å². The van der Waals surface area contributed by atoms with Gasteiger partial charge in [-0.3, -0.25) is 9.59 Å². The van der Waals surface area contributed by atoms with Crippen molar-refractivity contribution < 1.29 is 9.59 Å². The highest BCUT2D eigenvalue weighted by molar-refractivity contribution is 5.99. The maximum atomic E-state index is 12.5. The number of amides is 2. The average molecular weight is 280 g/mol. The number of tetrazole rings is 1. The molecule has 20 heavy (non-hydrogen) atoms. The van der Waals surface area contributed by atoms with Crippen LogP contribution in [-0.2, 0) is 23.2 Å². The van der Waals surface area contributed by atoms with Gasteiger partial charge in [0.15, 0.2) is 5.82 Å². The molecular weight excluding hydrogens is 260 g/mol. The van der Waals surface area contributed by atoms with E-state index in [2.05, 4.69) is 20.7 Å². The number of hydrogen-bond donors (Lipinski definition) is 1. The topological polar surface area (TPSA) is 93.0 Å². The Balaban J connectivity index is 2.25. The maximum Gasteiger partial charge on any atom is 0.246 e. The van der Waals surface area contributed by atoms with Gasteiger partial charge in [-0.05, 0) is 25.5 Å². The zero-order chi connectivity index (χ0) is 14.9. The van der Waals surface area contributed by atoms with Crippen molar-refractivity contribution in [2.45, 2.75) is 51.7 Å². The molecule has 2 amide bonds. The fraction of sp³-hybridized carbons (Fsp3) is 0.750. The zero-order valence-corrected chi connectivity index (χ0v) is 12.3. The van der Waals surface area contributed by atoms with Crippen molar-refractivity contribution in [2.75, 3.05) is 0 Å². The van der Waals surface area contributed by atoms with Crippen LogP contribution in [0, 0.1) is 0 Å². The lowest BCUT2D eigenvalue weighted by atomic mass is 9.94. The number of piperazine rings is 1. The first kappa shape index (κ1) is 14.4. The SMILES string of the molecule is CCCC1NC(=O)C(C)(C)N(Cc2nnn(C)n2)C1=O. The Hall–Kier alpha value is -1.99. The molecule has 8 heteroatoms. The number of carbonyl (C=O) groups is 2. The molecule has 1 N–H and O–H groups in total. The molecule has 0 radical (unpaired) electrons. The van der Waals surface area contributed by atoms with Gasteiger partial charge in [0.05, 0.1) is 13.6 Å². The largest absolute Gasteiger partial charge is 0.342 e. The second-order valence-corrected chi connectivity index (χ2v) is 5.49. The maximum absolute atomic E-state index is 12.5. The minimum absolute atomic E-state index is 0.0936. The molecule has 0 spiro atoms. The Morgan fingerprint density at radius 2 is 2.05 bits per heavy atom. The van der Waals surface area contributed by atoms with Gasteiger partial charge in [0.25, 0.3) is 0 Å². The summed E-state index contributed by atoms with van der Waals surface area (Å²) in [5.74, 6) is 0.183. The van der Waals surface area contributed by atoms with Crippen molar-refractivity contribution in [2.24, 2.45) is 7.05 Å². The molecule has 1 fully saturated rings. The molecule has 1 unspecified atom stereocenters. The number of nitrogens with one attached hydrogen (secondary N) is 1. The Labute approximate surface area is 117 Å². The van der Waals surface area contributed by atoms with Crippen LogP contribution in [0.3, 0.4) is 0 Å². The zero-order valence-electron chi connectivity index (χ0n) is 12.3. The minimum Gasteiger partial charge on any atom is -0.342 e. The molecule has 1 aliphatic rings. The van der Waals surface area contributed by atoms with Gasteiger partial charge in [-0.1, -0.05) is 13.3 Å². The molecule has 0 aliphatic carbocycles. The smallest absolute Gasteiger partial charge is 0.246 e. The highest BCUT2D eigenvalue weighted by Crippen LogP contribution is 2.24. The van der Waals surface area contributed by atoms with Crippen molar-refractivity contribution in [1.29, 1.82) is 0 Å². The summed E-state index contributed by atoms with van der Waals surface area (Å²) in [6.07, 6.45) is 1.46. The molecule has 1 saturated heterocycles. The van der Waals surface area contributed by atoms with E-state index < -0.39 is 11.6 Å². The van der Waals surface area contributed by atoms with Crippen LogP contribution in [0.2, 0.25) is 0 Å². The summed E-state index contributed by atoms with van der Waals surface area (Å²) in [6, 6.07) is -0.461. The number of nitrogens with zero attached hydrogens (tertiary/aromatic N) is 5. The van der Waals surface area contributed by atoms with Crippen LogP contribution in [0.1, 0.15) is 39.4 Å². The first-order chi connectivity index (χ1) is 9.36. The van der Waals surface area contributed by atoms with Crippen LogP contribution < -0.4 is 5.32 Å². The lowest BCUT2D eigenvalue weighted by Gasteiger charge is -2.43. The molecule has 1 aliphatic heterocycles. The van der Waals surface area contributed by atoms with Gasteiger partial charge < -0.3 is 10.2 Å². The molecule has 1 atom stereocenters. The Kier molecular flexibility index (Phi) is 3.74. The fourth-order valence-electron chi connectivity index (χ4n) is 2.27. The van der Waals surface area contributed by atoms with Gasteiger partial charge in [-0.25, -0.2) is 0 Å². The van der Waals surface area contributed by atoms with E-state index in [1.807, 2.05) is 6.92 Å². The molecule has 8 nitrogen and oxygen atoms in total. The third-order valence-electron chi connectivity index (χ3n) is 3.53. The summed E-state index contributed by atoms with van der Waals surface area (Å²) in [5.41, 5.74) is -0.916.